The fraction of sp³-hybridized carbons (Fsp3) is 0.462. The number of carbonyl (C=O) groups excluding carboxylic acids is 1. The van der Waals surface area contributed by atoms with Crippen molar-refractivity contribution >= 4 is 5.97 Å². The lowest BCUT2D eigenvalue weighted by Gasteiger charge is -2.01. The highest BCUT2D eigenvalue weighted by molar-refractivity contribution is 5.71. The zero-order valence-corrected chi connectivity index (χ0v) is 10.7. The molecule has 0 aromatic heterocycles. The van der Waals surface area contributed by atoms with Crippen LogP contribution in [0.3, 0.4) is 0 Å². The number of methoxy groups -OCH3 is 1. The molecular weight excluding hydrogens is 204 g/mol. The van der Waals surface area contributed by atoms with Gasteiger partial charge in [0.1, 0.15) is 5.76 Å². The van der Waals surface area contributed by atoms with Gasteiger partial charge in [-0.15, -0.1) is 0 Å². The van der Waals surface area contributed by atoms with Gasteiger partial charge < -0.3 is 9.47 Å². The second-order valence-electron chi connectivity index (χ2n) is 3.17. The van der Waals surface area contributed by atoms with Crippen LogP contribution >= 0.6 is 0 Å². The van der Waals surface area contributed by atoms with Crippen molar-refractivity contribution in [3.63, 3.8) is 0 Å². The molecule has 16 heavy (non-hydrogen) atoms. The number of carbonyl (C=O) groups is 1. The van der Waals surface area contributed by atoms with Crippen molar-refractivity contribution in [2.75, 3.05) is 13.7 Å². The van der Waals surface area contributed by atoms with Crippen molar-refractivity contribution in [2.24, 2.45) is 5.92 Å². The minimum atomic E-state index is -0.118. The molecule has 0 amide bonds. The van der Waals surface area contributed by atoms with Gasteiger partial charge in [-0.2, -0.15) is 0 Å². The van der Waals surface area contributed by atoms with Crippen LogP contribution in [0.15, 0.2) is 37.1 Å². The zero-order valence-electron chi connectivity index (χ0n) is 10.7. The fourth-order valence-electron chi connectivity index (χ4n) is 0.552. The Morgan fingerprint density at radius 2 is 2.00 bits per heavy atom. The molecule has 0 unspecified atom stereocenters. The first-order valence-electron chi connectivity index (χ1n) is 5.18. The SMILES string of the molecule is C=C/C=C\C(=C)OC.CCOC(=O)C(C)C. The highest BCUT2D eigenvalue weighted by Crippen LogP contribution is 1.93. The molecule has 0 atom stereocenters. The summed E-state index contributed by atoms with van der Waals surface area (Å²) in [7, 11) is 1.58. The number of allylic oxidation sites excluding steroid dienone is 3. The third-order valence-electron chi connectivity index (χ3n) is 1.44. The molecule has 0 radical (unpaired) electrons. The van der Waals surface area contributed by atoms with Crippen molar-refractivity contribution in [3.8, 4) is 0 Å². The summed E-state index contributed by atoms with van der Waals surface area (Å²) in [6, 6.07) is 0. The maximum absolute atomic E-state index is 10.5. The van der Waals surface area contributed by atoms with Crippen LogP contribution in [-0.4, -0.2) is 19.7 Å². The summed E-state index contributed by atoms with van der Waals surface area (Å²) < 4.78 is 9.39. The van der Waals surface area contributed by atoms with Gasteiger partial charge in [0.2, 0.25) is 0 Å². The highest BCUT2D eigenvalue weighted by atomic mass is 16.5. The summed E-state index contributed by atoms with van der Waals surface area (Å²) in [5.74, 6) is 0.535. The van der Waals surface area contributed by atoms with Crippen LogP contribution in [0, 0.1) is 5.92 Å². The molecular formula is C13H22O3. The van der Waals surface area contributed by atoms with E-state index in [2.05, 4.69) is 17.9 Å². The highest BCUT2D eigenvalue weighted by Gasteiger charge is 2.04. The summed E-state index contributed by atoms with van der Waals surface area (Å²) >= 11 is 0. The molecule has 0 saturated carbocycles. The topological polar surface area (TPSA) is 35.5 Å². The van der Waals surface area contributed by atoms with Crippen LogP contribution in [0.4, 0.5) is 0 Å². The van der Waals surface area contributed by atoms with E-state index in [0.29, 0.717) is 12.4 Å². The Morgan fingerprint density at radius 3 is 2.25 bits per heavy atom. The van der Waals surface area contributed by atoms with E-state index in [1.807, 2.05) is 13.8 Å². The predicted octanol–water partition coefficient (Wildman–Crippen LogP) is 3.09. The summed E-state index contributed by atoms with van der Waals surface area (Å²) in [5.41, 5.74) is 0. The van der Waals surface area contributed by atoms with E-state index in [-0.39, 0.29) is 11.9 Å². The first-order chi connectivity index (χ1) is 7.49. The van der Waals surface area contributed by atoms with Crippen molar-refractivity contribution in [3.05, 3.63) is 37.1 Å². The third kappa shape index (κ3) is 12.5. The Hall–Kier alpha value is -1.51. The smallest absolute Gasteiger partial charge is 0.308 e. The number of ether oxygens (including phenoxy) is 2. The second kappa shape index (κ2) is 11.6. The van der Waals surface area contributed by atoms with Gasteiger partial charge >= 0.3 is 5.97 Å². The van der Waals surface area contributed by atoms with E-state index in [4.69, 9.17) is 4.74 Å². The van der Waals surface area contributed by atoms with Crippen LogP contribution in [0.1, 0.15) is 20.8 Å². The maximum atomic E-state index is 10.5. The Labute approximate surface area is 98.4 Å². The minimum absolute atomic E-state index is 0.00921. The quantitative estimate of drug-likeness (QED) is 0.410. The Balaban J connectivity index is 0. The lowest BCUT2D eigenvalue weighted by atomic mass is 10.2. The van der Waals surface area contributed by atoms with Gasteiger partial charge in [-0.1, -0.05) is 39.2 Å². The molecule has 0 saturated heterocycles. The van der Waals surface area contributed by atoms with Crippen molar-refractivity contribution in [1.29, 1.82) is 0 Å². The minimum Gasteiger partial charge on any atom is -0.497 e. The molecule has 0 aliphatic carbocycles. The van der Waals surface area contributed by atoms with Crippen LogP contribution in [0.5, 0.6) is 0 Å². The molecule has 0 spiro atoms. The van der Waals surface area contributed by atoms with Crippen LogP contribution in [0.25, 0.3) is 0 Å². The van der Waals surface area contributed by atoms with Crippen molar-refractivity contribution < 1.29 is 14.3 Å². The van der Waals surface area contributed by atoms with Crippen LogP contribution in [-0.2, 0) is 14.3 Å². The summed E-state index contributed by atoms with van der Waals surface area (Å²) in [6.07, 6.45) is 5.18. The molecule has 0 aliphatic rings. The standard InChI is InChI=1S/C7H10O.C6H12O2/c1-4-5-6-7(2)8-3;1-4-8-6(7)5(2)3/h4-6H,1-2H2,3H3;5H,4H2,1-3H3/b6-5-;. The monoisotopic (exact) mass is 226 g/mol. The molecule has 0 fully saturated rings. The van der Waals surface area contributed by atoms with Crippen molar-refractivity contribution in [1.82, 2.24) is 0 Å². The van der Waals surface area contributed by atoms with Gasteiger partial charge in [0.15, 0.2) is 0 Å². The lowest BCUT2D eigenvalue weighted by Crippen LogP contribution is -2.10. The normalized spacial score (nSPS) is 9.31. The molecule has 3 nitrogen and oxygen atoms in total. The van der Waals surface area contributed by atoms with E-state index in [1.165, 1.54) is 0 Å². The number of esters is 1. The molecule has 0 aliphatic heterocycles. The summed E-state index contributed by atoms with van der Waals surface area (Å²) in [4.78, 5) is 10.5. The van der Waals surface area contributed by atoms with Gasteiger partial charge in [0, 0.05) is 0 Å². The second-order valence-corrected chi connectivity index (χ2v) is 3.17. The first-order valence-corrected chi connectivity index (χ1v) is 5.18. The Morgan fingerprint density at radius 1 is 1.44 bits per heavy atom. The lowest BCUT2D eigenvalue weighted by molar-refractivity contribution is -0.146. The van der Waals surface area contributed by atoms with Gasteiger partial charge in [0.05, 0.1) is 19.6 Å². The first kappa shape index (κ1) is 16.9. The average molecular weight is 226 g/mol. The number of hydrogen-bond donors (Lipinski definition) is 0. The average Bonchev–Trinajstić information content (AvgIpc) is 2.27. The van der Waals surface area contributed by atoms with Gasteiger partial charge in [0.25, 0.3) is 0 Å². The van der Waals surface area contributed by atoms with E-state index >= 15 is 0 Å². The summed E-state index contributed by atoms with van der Waals surface area (Å²) in [5, 5.41) is 0. The van der Waals surface area contributed by atoms with Gasteiger partial charge in [-0.3, -0.25) is 4.79 Å². The van der Waals surface area contributed by atoms with E-state index in [0.717, 1.165) is 0 Å². The third-order valence-corrected chi connectivity index (χ3v) is 1.44. The Bertz CT molecular complexity index is 240. The fourth-order valence-corrected chi connectivity index (χ4v) is 0.552. The van der Waals surface area contributed by atoms with Gasteiger partial charge in [-0.25, -0.2) is 0 Å². The molecule has 0 aromatic carbocycles. The molecule has 0 N–H and O–H groups in total. The zero-order chi connectivity index (χ0) is 13.0. The predicted molar refractivity (Wildman–Crippen MR) is 67.0 cm³/mol. The van der Waals surface area contributed by atoms with Crippen LogP contribution < -0.4 is 0 Å². The Kier molecular flexibility index (Phi) is 12.2. The van der Waals surface area contributed by atoms with Crippen LogP contribution in [0.2, 0.25) is 0 Å². The molecule has 92 valence electrons. The number of rotatable bonds is 5. The van der Waals surface area contributed by atoms with E-state index in [9.17, 15) is 4.79 Å². The van der Waals surface area contributed by atoms with Gasteiger partial charge in [-0.05, 0) is 13.0 Å². The maximum Gasteiger partial charge on any atom is 0.308 e. The largest absolute Gasteiger partial charge is 0.497 e. The molecule has 3 heteroatoms. The van der Waals surface area contributed by atoms with E-state index < -0.39 is 0 Å². The molecule has 0 heterocycles. The van der Waals surface area contributed by atoms with Crippen molar-refractivity contribution in [2.45, 2.75) is 20.8 Å². The van der Waals surface area contributed by atoms with E-state index in [1.54, 1.807) is 32.3 Å². The molecule has 0 bridgehead atoms. The number of hydrogen-bond acceptors (Lipinski definition) is 3. The summed E-state index contributed by atoms with van der Waals surface area (Å²) in [6.45, 7) is 13.0. The molecule has 0 rings (SSSR count). The molecule has 0 aromatic rings.